The Balaban J connectivity index is 2.10. The van der Waals surface area contributed by atoms with Crippen molar-refractivity contribution in [2.75, 3.05) is 6.61 Å². The molecule has 29 heavy (non-hydrogen) atoms. The molecular formula is C24H22BrNO3. The summed E-state index contributed by atoms with van der Waals surface area (Å²) in [6.45, 7) is 2.11. The zero-order chi connectivity index (χ0) is 20.4. The number of aryl methyl sites for hydroxylation is 1. The molecule has 4 nitrogen and oxygen atoms in total. The normalized spacial score (nSPS) is 16.8. The zero-order valence-corrected chi connectivity index (χ0v) is 17.8. The van der Waals surface area contributed by atoms with Crippen molar-refractivity contribution in [2.24, 2.45) is 0 Å². The predicted octanol–water partition coefficient (Wildman–Crippen LogP) is 5.38. The summed E-state index contributed by atoms with van der Waals surface area (Å²) in [6.07, 6.45) is 3.12. The molecule has 1 N–H and O–H groups in total. The highest BCUT2D eigenvalue weighted by molar-refractivity contribution is 9.10. The summed E-state index contributed by atoms with van der Waals surface area (Å²) in [5.74, 6) is -0.338. The van der Waals surface area contributed by atoms with Gasteiger partial charge in [-0.3, -0.25) is 4.79 Å². The van der Waals surface area contributed by atoms with Gasteiger partial charge in [-0.1, -0.05) is 46.3 Å². The summed E-state index contributed by atoms with van der Waals surface area (Å²) in [5, 5.41) is 0.615. The lowest BCUT2D eigenvalue weighted by atomic mass is 9.85. The van der Waals surface area contributed by atoms with Gasteiger partial charge in [0, 0.05) is 26.7 Å². The van der Waals surface area contributed by atoms with Crippen molar-refractivity contribution in [3.63, 3.8) is 0 Å². The second kappa shape index (κ2) is 8.37. The molecular weight excluding hydrogens is 430 g/mol. The average molecular weight is 452 g/mol. The van der Waals surface area contributed by atoms with Crippen LogP contribution in [0.3, 0.4) is 0 Å². The SMILES string of the molecule is CCOC(=O)/C1=C(\c2ccccc2)c2c([nH]c3cc(Br)ccc3c2=O)CCCC1. The van der Waals surface area contributed by atoms with E-state index in [4.69, 9.17) is 4.74 Å². The van der Waals surface area contributed by atoms with Crippen molar-refractivity contribution in [3.05, 3.63) is 85.6 Å². The number of benzene rings is 2. The van der Waals surface area contributed by atoms with E-state index in [2.05, 4.69) is 20.9 Å². The van der Waals surface area contributed by atoms with Gasteiger partial charge in [-0.25, -0.2) is 4.79 Å². The van der Waals surface area contributed by atoms with Crippen molar-refractivity contribution >= 4 is 38.4 Å². The first-order valence-electron chi connectivity index (χ1n) is 9.90. The van der Waals surface area contributed by atoms with E-state index in [-0.39, 0.29) is 11.4 Å². The van der Waals surface area contributed by atoms with E-state index in [0.29, 0.717) is 35.1 Å². The number of ether oxygens (including phenoxy) is 1. The highest BCUT2D eigenvalue weighted by Crippen LogP contribution is 2.34. The maximum absolute atomic E-state index is 13.6. The van der Waals surface area contributed by atoms with Gasteiger partial charge in [0.05, 0.1) is 17.7 Å². The number of hydrogen-bond acceptors (Lipinski definition) is 3. The van der Waals surface area contributed by atoms with Crippen LogP contribution in [0.5, 0.6) is 0 Å². The molecule has 0 fully saturated rings. The Hall–Kier alpha value is -2.66. The van der Waals surface area contributed by atoms with Gasteiger partial charge in [-0.2, -0.15) is 0 Å². The molecule has 0 radical (unpaired) electrons. The molecule has 0 saturated carbocycles. The number of carbonyl (C=O) groups is 1. The molecule has 0 saturated heterocycles. The standard InChI is InChI=1S/C24H22BrNO3/c1-2-29-24(28)18-10-6-7-11-19-22(21(18)15-8-4-3-5-9-15)23(27)17-13-12-16(25)14-20(17)26-19/h3-5,8-9,12-14H,2,6-7,10-11H2,1H3,(H,26,27)/b21-18+. The molecule has 3 aromatic rings. The molecule has 0 spiro atoms. The van der Waals surface area contributed by atoms with E-state index in [9.17, 15) is 9.59 Å². The Morgan fingerprint density at radius 1 is 1.10 bits per heavy atom. The third-order valence-electron chi connectivity index (χ3n) is 5.28. The topological polar surface area (TPSA) is 59.2 Å². The molecule has 1 aliphatic rings. The number of pyridine rings is 1. The molecule has 4 rings (SSSR count). The first-order chi connectivity index (χ1) is 14.1. The van der Waals surface area contributed by atoms with E-state index in [1.54, 1.807) is 6.92 Å². The van der Waals surface area contributed by atoms with Crippen LogP contribution in [0.4, 0.5) is 0 Å². The molecule has 0 bridgehead atoms. The van der Waals surface area contributed by atoms with Crippen LogP contribution in [-0.2, 0) is 16.0 Å². The third kappa shape index (κ3) is 3.79. The molecule has 0 amide bonds. The number of rotatable bonds is 3. The Morgan fingerprint density at radius 2 is 1.86 bits per heavy atom. The van der Waals surface area contributed by atoms with Gasteiger partial charge in [0.2, 0.25) is 0 Å². The molecule has 0 aliphatic heterocycles. The maximum atomic E-state index is 13.6. The molecule has 2 aromatic carbocycles. The predicted molar refractivity (Wildman–Crippen MR) is 119 cm³/mol. The molecule has 148 valence electrons. The number of fused-ring (bicyclic) bond motifs is 2. The van der Waals surface area contributed by atoms with Crippen LogP contribution in [-0.4, -0.2) is 17.6 Å². The maximum Gasteiger partial charge on any atom is 0.334 e. The van der Waals surface area contributed by atoms with Crippen LogP contribution in [0.25, 0.3) is 16.5 Å². The van der Waals surface area contributed by atoms with Crippen molar-refractivity contribution in [1.82, 2.24) is 4.98 Å². The summed E-state index contributed by atoms with van der Waals surface area (Å²) in [5.41, 5.74) is 4.36. The van der Waals surface area contributed by atoms with Crippen LogP contribution >= 0.6 is 15.9 Å². The lowest BCUT2D eigenvalue weighted by Gasteiger charge is -2.21. The summed E-state index contributed by atoms with van der Waals surface area (Å²) >= 11 is 3.48. The highest BCUT2D eigenvalue weighted by atomic mass is 79.9. The van der Waals surface area contributed by atoms with E-state index < -0.39 is 0 Å². The quantitative estimate of drug-likeness (QED) is 0.543. The van der Waals surface area contributed by atoms with Crippen LogP contribution in [0.1, 0.15) is 43.0 Å². The molecule has 1 aromatic heterocycles. The number of aromatic nitrogens is 1. The Kier molecular flexibility index (Phi) is 5.67. The zero-order valence-electron chi connectivity index (χ0n) is 16.3. The van der Waals surface area contributed by atoms with Crippen molar-refractivity contribution < 1.29 is 9.53 Å². The summed E-state index contributed by atoms with van der Waals surface area (Å²) in [6, 6.07) is 15.3. The minimum Gasteiger partial charge on any atom is -0.463 e. The summed E-state index contributed by atoms with van der Waals surface area (Å²) in [4.78, 5) is 30.0. The van der Waals surface area contributed by atoms with Gasteiger partial charge in [0.25, 0.3) is 0 Å². The minimum atomic E-state index is -0.338. The van der Waals surface area contributed by atoms with Gasteiger partial charge in [-0.15, -0.1) is 0 Å². The van der Waals surface area contributed by atoms with Gasteiger partial charge in [0.15, 0.2) is 5.43 Å². The van der Waals surface area contributed by atoms with E-state index >= 15 is 0 Å². The van der Waals surface area contributed by atoms with Gasteiger partial charge < -0.3 is 9.72 Å². The molecule has 5 heteroatoms. The number of H-pyrrole nitrogens is 1. The monoisotopic (exact) mass is 451 g/mol. The largest absolute Gasteiger partial charge is 0.463 e. The lowest BCUT2D eigenvalue weighted by Crippen LogP contribution is -2.20. The van der Waals surface area contributed by atoms with E-state index in [0.717, 1.165) is 40.5 Å². The van der Waals surface area contributed by atoms with Crippen LogP contribution in [0.15, 0.2) is 63.4 Å². The molecule has 1 aliphatic carbocycles. The Labute approximate surface area is 177 Å². The number of carbonyl (C=O) groups excluding carboxylic acids is 1. The number of nitrogens with one attached hydrogen (secondary N) is 1. The van der Waals surface area contributed by atoms with Crippen LogP contribution in [0.2, 0.25) is 0 Å². The smallest absolute Gasteiger partial charge is 0.334 e. The fourth-order valence-corrected chi connectivity index (χ4v) is 4.35. The highest BCUT2D eigenvalue weighted by Gasteiger charge is 2.26. The van der Waals surface area contributed by atoms with Gasteiger partial charge in [-0.05, 0) is 56.4 Å². The van der Waals surface area contributed by atoms with E-state index in [1.165, 1.54) is 0 Å². The second-order valence-electron chi connectivity index (χ2n) is 7.14. The summed E-state index contributed by atoms with van der Waals surface area (Å²) < 4.78 is 6.29. The first-order valence-corrected chi connectivity index (χ1v) is 10.7. The van der Waals surface area contributed by atoms with Crippen molar-refractivity contribution in [3.8, 4) is 0 Å². The molecule has 0 unspecified atom stereocenters. The first kappa shape index (κ1) is 19.6. The Morgan fingerprint density at radius 3 is 2.62 bits per heavy atom. The lowest BCUT2D eigenvalue weighted by molar-refractivity contribution is -0.138. The van der Waals surface area contributed by atoms with Crippen molar-refractivity contribution in [2.45, 2.75) is 32.6 Å². The fraction of sp³-hybridized carbons (Fsp3) is 0.250. The Bertz CT molecular complexity index is 1160. The number of aromatic amines is 1. The van der Waals surface area contributed by atoms with Crippen LogP contribution < -0.4 is 5.43 Å². The van der Waals surface area contributed by atoms with Gasteiger partial charge >= 0.3 is 5.97 Å². The minimum absolute atomic E-state index is 0.0520. The number of esters is 1. The molecule has 0 atom stereocenters. The van der Waals surface area contributed by atoms with Crippen LogP contribution in [0, 0.1) is 0 Å². The second-order valence-corrected chi connectivity index (χ2v) is 8.06. The average Bonchev–Trinajstić information content (AvgIpc) is 2.70. The number of halogens is 1. The fourth-order valence-electron chi connectivity index (χ4n) is 3.99. The van der Waals surface area contributed by atoms with Gasteiger partial charge in [0.1, 0.15) is 0 Å². The van der Waals surface area contributed by atoms with Crippen molar-refractivity contribution in [1.29, 1.82) is 0 Å². The molecule has 1 heterocycles. The van der Waals surface area contributed by atoms with E-state index in [1.807, 2.05) is 48.5 Å². The number of hydrogen-bond donors (Lipinski definition) is 1. The summed E-state index contributed by atoms with van der Waals surface area (Å²) in [7, 11) is 0. The third-order valence-corrected chi connectivity index (χ3v) is 5.77.